The molecule has 13 nitrogen and oxygen atoms in total. The number of amides is 2. The van der Waals surface area contributed by atoms with Gasteiger partial charge in [-0.25, -0.2) is 15.0 Å². The molecule has 1 aliphatic heterocycles. The Hall–Kier alpha value is -5.54. The molecule has 0 bridgehead atoms. The molecule has 50 heavy (non-hydrogen) atoms. The van der Waals surface area contributed by atoms with Gasteiger partial charge in [0.2, 0.25) is 23.6 Å². The van der Waals surface area contributed by atoms with Crippen molar-refractivity contribution in [1.82, 2.24) is 39.8 Å². The number of aromatic nitrogens is 7. The van der Waals surface area contributed by atoms with Crippen LogP contribution in [-0.2, 0) is 28.7 Å². The Morgan fingerprint density at radius 1 is 1.00 bits per heavy atom. The smallest absolute Gasteiger partial charge is 0.426 e. The first-order valence-electron chi connectivity index (χ1n) is 15.9. The van der Waals surface area contributed by atoms with E-state index in [2.05, 4.69) is 35.6 Å². The number of nitrogens with one attached hydrogen (secondary N) is 1. The second-order valence-corrected chi connectivity index (χ2v) is 13.1. The maximum Gasteiger partial charge on any atom is 0.433 e. The molecule has 258 valence electrons. The fourth-order valence-corrected chi connectivity index (χ4v) is 7.01. The van der Waals surface area contributed by atoms with Crippen LogP contribution in [0.5, 0.6) is 0 Å². The van der Waals surface area contributed by atoms with Gasteiger partial charge in [-0.2, -0.15) is 18.3 Å². The number of rotatable bonds is 8. The van der Waals surface area contributed by atoms with Gasteiger partial charge in [0, 0.05) is 55.1 Å². The molecule has 4 aromatic heterocycles. The fraction of sp³-hybridized carbons (Fsp3) is 0.382. The standard InChI is InChI=1S/C34H32F3N9O4/c1-16-6-7-25(34(35,36)37)40-31(16)41-32(49)24-10-33(12-27-43-42-20(5)50-27)11-26(33)46(24)28(48)15-45-30-17(2)8-21(22-13-38-19(4)39-14-22)9-23(30)29(44-45)18(3)47/h6-9,13-14,24,26H,10-12,15H2,1-5H3,(H,40,41,49)/t24-,26+,33-/m0/s1. The number of Topliss-reactive ketones (excluding diaryl/α,β-unsaturated/α-hetero) is 1. The highest BCUT2D eigenvalue weighted by molar-refractivity contribution is 6.07. The number of likely N-dealkylation sites (tertiary alicyclic amines) is 1. The molecule has 0 unspecified atom stereocenters. The van der Waals surface area contributed by atoms with Crippen molar-refractivity contribution in [3.8, 4) is 11.1 Å². The maximum absolute atomic E-state index is 14.3. The van der Waals surface area contributed by atoms with Gasteiger partial charge in [-0.1, -0.05) is 6.07 Å². The van der Waals surface area contributed by atoms with Gasteiger partial charge in [-0.15, -0.1) is 10.2 Å². The molecule has 2 aliphatic rings. The van der Waals surface area contributed by atoms with E-state index in [0.717, 1.165) is 22.8 Å². The summed E-state index contributed by atoms with van der Waals surface area (Å²) in [5.41, 5.74) is 1.66. The zero-order chi connectivity index (χ0) is 35.7. The van der Waals surface area contributed by atoms with E-state index in [9.17, 15) is 27.6 Å². The Balaban J connectivity index is 1.22. The average molecular weight is 688 g/mol. The number of benzene rings is 1. The number of nitrogens with zero attached hydrogens (tertiary/aromatic N) is 8. The molecule has 1 aromatic carbocycles. The van der Waals surface area contributed by atoms with Crippen molar-refractivity contribution in [2.24, 2.45) is 5.41 Å². The molecule has 1 saturated carbocycles. The predicted molar refractivity (Wildman–Crippen MR) is 172 cm³/mol. The van der Waals surface area contributed by atoms with Crippen LogP contribution in [0.3, 0.4) is 0 Å². The number of halogens is 3. The summed E-state index contributed by atoms with van der Waals surface area (Å²) in [6.07, 6.45) is -0.239. The number of carbonyl (C=O) groups excluding carboxylic acids is 3. The lowest BCUT2D eigenvalue weighted by atomic mass is 9.95. The van der Waals surface area contributed by atoms with Crippen LogP contribution in [0.1, 0.15) is 64.7 Å². The van der Waals surface area contributed by atoms with Gasteiger partial charge in [0.25, 0.3) is 0 Å². The Bertz CT molecular complexity index is 2190. The summed E-state index contributed by atoms with van der Waals surface area (Å²) in [5, 5.41) is 15.7. The van der Waals surface area contributed by atoms with Crippen molar-refractivity contribution in [2.45, 2.75) is 78.7 Å². The van der Waals surface area contributed by atoms with Crippen molar-refractivity contribution in [3.63, 3.8) is 0 Å². The number of anilines is 1. The van der Waals surface area contributed by atoms with E-state index in [1.807, 2.05) is 19.1 Å². The van der Waals surface area contributed by atoms with Crippen LogP contribution in [0.4, 0.5) is 19.0 Å². The van der Waals surface area contributed by atoms with Crippen molar-refractivity contribution in [3.05, 3.63) is 76.8 Å². The van der Waals surface area contributed by atoms with E-state index in [4.69, 9.17) is 4.42 Å². The summed E-state index contributed by atoms with van der Waals surface area (Å²) in [6.45, 7) is 7.92. The van der Waals surface area contributed by atoms with E-state index in [0.29, 0.717) is 46.9 Å². The van der Waals surface area contributed by atoms with Crippen LogP contribution in [-0.4, -0.2) is 69.5 Å². The third-order valence-corrected chi connectivity index (χ3v) is 9.48. The van der Waals surface area contributed by atoms with Crippen molar-refractivity contribution in [2.75, 3.05) is 5.32 Å². The number of pyridine rings is 1. The topological polar surface area (TPSA) is 162 Å². The minimum Gasteiger partial charge on any atom is -0.426 e. The number of alkyl halides is 3. The lowest BCUT2D eigenvalue weighted by molar-refractivity contribution is -0.141. The van der Waals surface area contributed by atoms with Crippen LogP contribution >= 0.6 is 0 Å². The molecule has 3 atom stereocenters. The Kier molecular flexibility index (Phi) is 7.79. The minimum atomic E-state index is -4.71. The normalized spacial score (nSPS) is 19.9. The van der Waals surface area contributed by atoms with E-state index in [-0.39, 0.29) is 36.3 Å². The first-order valence-corrected chi connectivity index (χ1v) is 15.9. The summed E-state index contributed by atoms with van der Waals surface area (Å²) in [6, 6.07) is 4.37. The molecule has 5 heterocycles. The highest BCUT2D eigenvalue weighted by Crippen LogP contribution is 2.61. The van der Waals surface area contributed by atoms with E-state index >= 15 is 0 Å². The van der Waals surface area contributed by atoms with Crippen molar-refractivity contribution >= 4 is 34.3 Å². The fourth-order valence-electron chi connectivity index (χ4n) is 7.01. The molecule has 5 aromatic rings. The van der Waals surface area contributed by atoms with Gasteiger partial charge in [0.1, 0.15) is 35.6 Å². The lowest BCUT2D eigenvalue weighted by Gasteiger charge is -2.27. The second-order valence-electron chi connectivity index (χ2n) is 13.1. The SMILES string of the molecule is CC(=O)c1nn(CC(=O)N2[C@H](C(=O)Nc3nc(C(F)(F)F)ccc3C)C[C@@]3(Cc4nnc(C)o4)C[C@@H]23)c2c(C)cc(-c3cnc(C)nc3)cc12. The highest BCUT2D eigenvalue weighted by atomic mass is 19.4. The first-order chi connectivity index (χ1) is 23.6. The summed E-state index contributed by atoms with van der Waals surface area (Å²) in [5.74, 6) is -0.296. The van der Waals surface area contributed by atoms with E-state index in [1.54, 1.807) is 26.2 Å². The zero-order valence-electron chi connectivity index (χ0n) is 27.8. The van der Waals surface area contributed by atoms with Crippen LogP contribution in [0.15, 0.2) is 41.1 Å². The van der Waals surface area contributed by atoms with E-state index in [1.165, 1.54) is 29.5 Å². The third kappa shape index (κ3) is 5.87. The molecule has 1 aliphatic carbocycles. The summed E-state index contributed by atoms with van der Waals surface area (Å²) >= 11 is 0. The number of fused-ring (bicyclic) bond motifs is 2. The number of carbonyl (C=O) groups is 3. The number of hydrogen-bond acceptors (Lipinski definition) is 10. The van der Waals surface area contributed by atoms with Crippen LogP contribution < -0.4 is 5.32 Å². The Morgan fingerprint density at radius 2 is 1.74 bits per heavy atom. The number of ketones is 1. The maximum atomic E-state index is 14.3. The zero-order valence-corrected chi connectivity index (χ0v) is 27.8. The molecule has 1 N–H and O–H groups in total. The Labute approximate surface area is 283 Å². The van der Waals surface area contributed by atoms with Gasteiger partial charge in [-0.05, 0) is 68.5 Å². The number of aryl methyl sites for hydroxylation is 4. The largest absolute Gasteiger partial charge is 0.433 e. The van der Waals surface area contributed by atoms with Gasteiger partial charge in [-0.3, -0.25) is 19.1 Å². The second kappa shape index (κ2) is 11.8. The molecular formula is C34H32F3N9O4. The van der Waals surface area contributed by atoms with Gasteiger partial charge >= 0.3 is 6.18 Å². The van der Waals surface area contributed by atoms with Gasteiger partial charge < -0.3 is 14.6 Å². The third-order valence-electron chi connectivity index (χ3n) is 9.48. The summed E-state index contributed by atoms with van der Waals surface area (Å²) < 4.78 is 47.5. The molecule has 2 fully saturated rings. The van der Waals surface area contributed by atoms with Crippen LogP contribution in [0.2, 0.25) is 0 Å². The predicted octanol–water partition coefficient (Wildman–Crippen LogP) is 4.97. The average Bonchev–Trinajstić information content (AvgIpc) is 3.29. The van der Waals surface area contributed by atoms with Crippen molar-refractivity contribution in [1.29, 1.82) is 0 Å². The van der Waals surface area contributed by atoms with Crippen molar-refractivity contribution < 1.29 is 32.0 Å². The van der Waals surface area contributed by atoms with Gasteiger partial charge in [0.15, 0.2) is 5.78 Å². The van der Waals surface area contributed by atoms with Gasteiger partial charge in [0.05, 0.1) is 5.52 Å². The number of hydrogen-bond donors (Lipinski definition) is 1. The van der Waals surface area contributed by atoms with Crippen LogP contribution in [0.25, 0.3) is 22.0 Å². The summed E-state index contributed by atoms with van der Waals surface area (Å²) in [7, 11) is 0. The minimum absolute atomic E-state index is 0.181. The number of piperidine rings is 1. The lowest BCUT2D eigenvalue weighted by Crippen LogP contribution is -2.47. The quantitative estimate of drug-likeness (QED) is 0.221. The Morgan fingerprint density at radius 3 is 2.40 bits per heavy atom. The molecule has 7 rings (SSSR count). The molecule has 16 heteroatoms. The monoisotopic (exact) mass is 687 g/mol. The molecule has 1 saturated heterocycles. The molecular weight excluding hydrogens is 655 g/mol. The molecule has 2 amide bonds. The highest BCUT2D eigenvalue weighted by Gasteiger charge is 2.67. The molecule has 0 radical (unpaired) electrons. The van der Waals surface area contributed by atoms with Crippen LogP contribution in [0, 0.1) is 33.1 Å². The summed E-state index contributed by atoms with van der Waals surface area (Å²) in [4.78, 5) is 54.6. The first kappa shape index (κ1) is 33.0. The molecule has 0 spiro atoms. The van der Waals surface area contributed by atoms with E-state index < -0.39 is 35.1 Å².